The van der Waals surface area contributed by atoms with E-state index in [0.717, 1.165) is 6.07 Å². The Morgan fingerprint density at radius 2 is 1.96 bits per heavy atom. The van der Waals surface area contributed by atoms with Gasteiger partial charge in [0, 0.05) is 5.56 Å². The molecule has 0 bridgehead atoms. The van der Waals surface area contributed by atoms with E-state index >= 15 is 0 Å². The van der Waals surface area contributed by atoms with Gasteiger partial charge in [0.2, 0.25) is 5.78 Å². The van der Waals surface area contributed by atoms with Crippen LogP contribution in [0.25, 0.3) is 0 Å². The van der Waals surface area contributed by atoms with Crippen LogP contribution in [0.4, 0.5) is 8.78 Å². The number of halogens is 2. The maximum Gasteiger partial charge on any atom is 0.306 e. The molecule has 1 aliphatic rings. The van der Waals surface area contributed by atoms with Crippen LogP contribution >= 0.6 is 0 Å². The van der Waals surface area contributed by atoms with Gasteiger partial charge in [-0.1, -0.05) is 13.0 Å². The number of carbonyl (C=O) groups excluding carboxylic acids is 1. The molecular formula is C21H20F2O5. The highest BCUT2D eigenvalue weighted by Crippen LogP contribution is 2.38. The number of aliphatic carboxylic acids is 1. The lowest BCUT2D eigenvalue weighted by molar-refractivity contribution is -0.141. The lowest BCUT2D eigenvalue weighted by atomic mass is 9.98. The number of ether oxygens (including phenoxy) is 2. The molecule has 5 nitrogen and oxygen atoms in total. The summed E-state index contributed by atoms with van der Waals surface area (Å²) in [5.41, 5.74) is -0.125. The van der Waals surface area contributed by atoms with Gasteiger partial charge in [-0.05, 0) is 50.1 Å². The number of carboxylic acid groups (broad SMARTS) is 1. The lowest BCUT2D eigenvalue weighted by Crippen LogP contribution is -2.32. The summed E-state index contributed by atoms with van der Waals surface area (Å²) in [6.45, 7) is 4.53. The van der Waals surface area contributed by atoms with Crippen molar-refractivity contribution in [2.75, 3.05) is 0 Å². The minimum atomic E-state index is -1.10. The number of carbonyl (C=O) groups is 2. The van der Waals surface area contributed by atoms with Gasteiger partial charge >= 0.3 is 5.97 Å². The van der Waals surface area contributed by atoms with Crippen molar-refractivity contribution in [1.82, 2.24) is 0 Å². The third kappa shape index (κ3) is 3.83. The average molecular weight is 390 g/mol. The number of Topliss-reactive ketones (excluding diaryl/α,β-unsaturated/α-hetero) is 1. The summed E-state index contributed by atoms with van der Waals surface area (Å²) in [5, 5.41) is 8.95. The molecule has 0 radical (unpaired) electrons. The van der Waals surface area contributed by atoms with Crippen molar-refractivity contribution in [2.45, 2.75) is 39.4 Å². The molecule has 0 saturated carbocycles. The van der Waals surface area contributed by atoms with Crippen molar-refractivity contribution < 1.29 is 33.0 Å². The van der Waals surface area contributed by atoms with Gasteiger partial charge in [0.15, 0.2) is 17.2 Å². The van der Waals surface area contributed by atoms with Crippen molar-refractivity contribution in [3.63, 3.8) is 0 Å². The zero-order chi connectivity index (χ0) is 20.6. The zero-order valence-electron chi connectivity index (χ0n) is 15.7. The standard InChI is InChI=1S/C21H20F2O5/c1-11(20(25)26)6-12-4-5-17(16(23)7-12)27-10-13-8-14(22)9-15-18(13)28-21(2,3)19(15)24/h4-5,7-9,11H,6,10H2,1-3H3,(H,25,26). The van der Waals surface area contributed by atoms with E-state index in [1.165, 1.54) is 25.1 Å². The molecule has 2 aromatic carbocycles. The zero-order valence-corrected chi connectivity index (χ0v) is 15.7. The second kappa shape index (κ2) is 7.22. The van der Waals surface area contributed by atoms with Gasteiger partial charge in [0.05, 0.1) is 11.5 Å². The Morgan fingerprint density at radius 1 is 1.25 bits per heavy atom. The van der Waals surface area contributed by atoms with Crippen molar-refractivity contribution in [3.8, 4) is 11.5 Å². The van der Waals surface area contributed by atoms with Gasteiger partial charge in [-0.25, -0.2) is 8.78 Å². The largest absolute Gasteiger partial charge is 0.486 e. The molecule has 0 aliphatic carbocycles. The van der Waals surface area contributed by atoms with Crippen molar-refractivity contribution >= 4 is 11.8 Å². The van der Waals surface area contributed by atoms with Gasteiger partial charge in [-0.3, -0.25) is 9.59 Å². The Morgan fingerprint density at radius 3 is 2.61 bits per heavy atom. The molecule has 1 atom stereocenters. The molecule has 148 valence electrons. The molecule has 1 aliphatic heterocycles. The number of hydrogen-bond acceptors (Lipinski definition) is 4. The Labute approximate surface area is 160 Å². The Kier molecular flexibility index (Phi) is 5.10. The van der Waals surface area contributed by atoms with Gasteiger partial charge in [0.1, 0.15) is 18.2 Å². The summed E-state index contributed by atoms with van der Waals surface area (Å²) >= 11 is 0. The smallest absolute Gasteiger partial charge is 0.306 e. The number of rotatable bonds is 6. The number of hydrogen-bond donors (Lipinski definition) is 1. The number of carboxylic acids is 1. The summed E-state index contributed by atoms with van der Waals surface area (Å²) < 4.78 is 39.3. The predicted octanol–water partition coefficient (Wildman–Crippen LogP) is 4.16. The maximum atomic E-state index is 14.3. The molecule has 28 heavy (non-hydrogen) atoms. The third-order valence-electron chi connectivity index (χ3n) is 4.62. The van der Waals surface area contributed by atoms with Crippen LogP contribution in [-0.4, -0.2) is 22.5 Å². The van der Waals surface area contributed by atoms with E-state index in [0.29, 0.717) is 11.1 Å². The van der Waals surface area contributed by atoms with Gasteiger partial charge in [-0.15, -0.1) is 0 Å². The topological polar surface area (TPSA) is 72.8 Å². The molecule has 1 heterocycles. The van der Waals surface area contributed by atoms with Crippen LogP contribution in [0.5, 0.6) is 11.5 Å². The minimum Gasteiger partial charge on any atom is -0.486 e. The highest BCUT2D eigenvalue weighted by Gasteiger charge is 2.41. The van der Waals surface area contributed by atoms with Crippen LogP contribution in [0, 0.1) is 17.6 Å². The molecule has 1 unspecified atom stereocenters. The summed E-state index contributed by atoms with van der Waals surface area (Å²) in [5.74, 6) is -3.01. The van der Waals surface area contributed by atoms with Crippen LogP contribution in [0.15, 0.2) is 30.3 Å². The Bertz CT molecular complexity index is 952. The van der Waals surface area contributed by atoms with E-state index in [9.17, 15) is 18.4 Å². The van der Waals surface area contributed by atoms with Crippen molar-refractivity contribution in [2.24, 2.45) is 5.92 Å². The van der Waals surface area contributed by atoms with E-state index < -0.39 is 29.1 Å². The number of ketones is 1. The molecule has 0 fully saturated rings. The van der Waals surface area contributed by atoms with Gasteiger partial charge in [-0.2, -0.15) is 0 Å². The fraction of sp³-hybridized carbons (Fsp3) is 0.333. The summed E-state index contributed by atoms with van der Waals surface area (Å²) in [4.78, 5) is 23.2. The fourth-order valence-electron chi connectivity index (χ4n) is 3.06. The first-order valence-electron chi connectivity index (χ1n) is 8.78. The van der Waals surface area contributed by atoms with E-state index in [-0.39, 0.29) is 35.9 Å². The Hall–Kier alpha value is -2.96. The van der Waals surface area contributed by atoms with Crippen LogP contribution in [0.2, 0.25) is 0 Å². The molecule has 1 N–H and O–H groups in total. The lowest BCUT2D eigenvalue weighted by Gasteiger charge is -2.17. The van der Waals surface area contributed by atoms with Crippen molar-refractivity contribution in [1.29, 1.82) is 0 Å². The molecule has 0 amide bonds. The normalized spacial score (nSPS) is 15.7. The van der Waals surface area contributed by atoms with Crippen molar-refractivity contribution in [3.05, 3.63) is 58.7 Å². The molecule has 0 aromatic heterocycles. The maximum absolute atomic E-state index is 14.3. The molecule has 7 heteroatoms. The summed E-state index contributed by atoms with van der Waals surface area (Å²) in [6.07, 6.45) is 0.189. The highest BCUT2D eigenvalue weighted by molar-refractivity contribution is 6.07. The van der Waals surface area contributed by atoms with Crippen LogP contribution in [0.1, 0.15) is 42.3 Å². The monoisotopic (exact) mass is 390 g/mol. The average Bonchev–Trinajstić information content (AvgIpc) is 2.84. The van der Waals surface area contributed by atoms with Crippen LogP contribution < -0.4 is 9.47 Å². The molecule has 0 saturated heterocycles. The van der Waals surface area contributed by atoms with E-state index in [1.807, 2.05) is 0 Å². The molecule has 2 aromatic rings. The molecule has 0 spiro atoms. The summed E-state index contributed by atoms with van der Waals surface area (Å²) in [7, 11) is 0. The van der Waals surface area contributed by atoms with E-state index in [2.05, 4.69) is 0 Å². The van der Waals surface area contributed by atoms with Crippen LogP contribution in [0.3, 0.4) is 0 Å². The number of fused-ring (bicyclic) bond motifs is 1. The molecular weight excluding hydrogens is 370 g/mol. The van der Waals surface area contributed by atoms with Crippen LogP contribution in [-0.2, 0) is 17.8 Å². The first-order valence-corrected chi connectivity index (χ1v) is 8.78. The van der Waals surface area contributed by atoms with E-state index in [1.54, 1.807) is 19.9 Å². The molecule has 3 rings (SSSR count). The second-order valence-corrected chi connectivity index (χ2v) is 7.38. The third-order valence-corrected chi connectivity index (χ3v) is 4.62. The first-order chi connectivity index (χ1) is 13.1. The SMILES string of the molecule is CC(Cc1ccc(OCc2cc(F)cc3c2OC(C)(C)C3=O)c(F)c1)C(=O)O. The van der Waals surface area contributed by atoms with Gasteiger partial charge < -0.3 is 14.6 Å². The fourth-order valence-corrected chi connectivity index (χ4v) is 3.06. The minimum absolute atomic E-state index is 0.0617. The number of benzene rings is 2. The predicted molar refractivity (Wildman–Crippen MR) is 96.7 cm³/mol. The summed E-state index contributed by atoms with van der Waals surface area (Å²) in [6, 6.07) is 6.50. The van der Waals surface area contributed by atoms with Gasteiger partial charge in [0.25, 0.3) is 0 Å². The first kappa shape index (κ1) is 19.8. The second-order valence-electron chi connectivity index (χ2n) is 7.38. The quantitative estimate of drug-likeness (QED) is 0.802. The highest BCUT2D eigenvalue weighted by atomic mass is 19.1. The van der Waals surface area contributed by atoms with E-state index in [4.69, 9.17) is 14.6 Å². The Balaban J connectivity index is 1.78.